The zero-order chi connectivity index (χ0) is 13.8. The summed E-state index contributed by atoms with van der Waals surface area (Å²) < 4.78 is 21.0. The third kappa shape index (κ3) is 2.96. The molecule has 1 aromatic carbocycles. The van der Waals surface area contributed by atoms with Crippen LogP contribution in [0.25, 0.3) is 0 Å². The van der Waals surface area contributed by atoms with E-state index in [0.29, 0.717) is 17.9 Å². The number of benzene rings is 1. The van der Waals surface area contributed by atoms with E-state index in [0.717, 1.165) is 5.69 Å². The summed E-state index contributed by atoms with van der Waals surface area (Å²) in [5.41, 5.74) is 1.79. The summed E-state index contributed by atoms with van der Waals surface area (Å²) in [6.07, 6.45) is 1.97. The number of nitrogens with one attached hydrogen (secondary N) is 1. The fraction of sp³-hybridized carbons (Fsp3) is 0.333. The molecule has 19 heavy (non-hydrogen) atoms. The smallest absolute Gasteiger partial charge is 0.131 e. The number of hydrogen-bond acceptors (Lipinski definition) is 2. The van der Waals surface area contributed by atoms with Crippen LogP contribution in [0.15, 0.2) is 36.5 Å². The van der Waals surface area contributed by atoms with Gasteiger partial charge in [0.05, 0.1) is 13.7 Å². The molecule has 102 valence electrons. The molecular weight excluding hydrogens is 243 g/mol. The molecule has 1 aromatic heterocycles. The van der Waals surface area contributed by atoms with Crippen molar-refractivity contribution in [2.24, 2.45) is 0 Å². The number of aromatic nitrogens is 1. The lowest BCUT2D eigenvalue weighted by Crippen LogP contribution is -2.17. The Morgan fingerprint density at radius 3 is 2.79 bits per heavy atom. The first-order valence-corrected chi connectivity index (χ1v) is 6.30. The molecule has 0 fully saturated rings. The molecule has 0 aliphatic rings. The Morgan fingerprint density at radius 2 is 2.16 bits per heavy atom. The van der Waals surface area contributed by atoms with Gasteiger partial charge in [0.15, 0.2) is 0 Å². The lowest BCUT2D eigenvalue weighted by Gasteiger charge is -2.15. The van der Waals surface area contributed by atoms with Crippen molar-refractivity contribution < 1.29 is 9.13 Å². The van der Waals surface area contributed by atoms with Gasteiger partial charge in [-0.15, -0.1) is 0 Å². The van der Waals surface area contributed by atoms with Crippen molar-refractivity contribution in [1.82, 2.24) is 9.88 Å². The molecule has 0 spiro atoms. The Bertz CT molecular complexity index is 551. The lowest BCUT2D eigenvalue weighted by atomic mass is 10.2. The van der Waals surface area contributed by atoms with Gasteiger partial charge in [-0.05, 0) is 32.2 Å². The number of rotatable bonds is 5. The SMILES string of the molecule is CNC(C)c1cccn1Cc1ccc(OC)cc1F. The van der Waals surface area contributed by atoms with Gasteiger partial charge in [-0.2, -0.15) is 0 Å². The van der Waals surface area contributed by atoms with Crippen LogP contribution in [0.3, 0.4) is 0 Å². The Labute approximate surface area is 113 Å². The van der Waals surface area contributed by atoms with E-state index in [1.807, 2.05) is 29.9 Å². The topological polar surface area (TPSA) is 26.2 Å². The predicted molar refractivity (Wildman–Crippen MR) is 74.0 cm³/mol. The number of hydrogen-bond donors (Lipinski definition) is 1. The molecule has 0 amide bonds. The van der Waals surface area contributed by atoms with Crippen molar-refractivity contribution in [2.45, 2.75) is 19.5 Å². The molecule has 0 saturated heterocycles. The molecule has 1 atom stereocenters. The van der Waals surface area contributed by atoms with Gasteiger partial charge in [-0.1, -0.05) is 6.07 Å². The van der Waals surface area contributed by atoms with Crippen LogP contribution < -0.4 is 10.1 Å². The van der Waals surface area contributed by atoms with Crippen LogP contribution in [-0.2, 0) is 6.54 Å². The molecule has 0 radical (unpaired) electrons. The van der Waals surface area contributed by atoms with Gasteiger partial charge in [0, 0.05) is 29.6 Å². The monoisotopic (exact) mass is 262 g/mol. The number of halogens is 1. The maximum Gasteiger partial charge on any atom is 0.131 e. The lowest BCUT2D eigenvalue weighted by molar-refractivity contribution is 0.410. The zero-order valence-electron chi connectivity index (χ0n) is 11.5. The van der Waals surface area contributed by atoms with Crippen LogP contribution in [0.5, 0.6) is 5.75 Å². The van der Waals surface area contributed by atoms with Crippen molar-refractivity contribution in [3.05, 3.63) is 53.6 Å². The summed E-state index contributed by atoms with van der Waals surface area (Å²) in [6, 6.07) is 9.22. The summed E-state index contributed by atoms with van der Waals surface area (Å²) in [5.74, 6) is 0.300. The molecule has 0 bridgehead atoms. The van der Waals surface area contributed by atoms with Crippen LogP contribution in [0.4, 0.5) is 4.39 Å². The second kappa shape index (κ2) is 5.89. The minimum Gasteiger partial charge on any atom is -0.497 e. The number of ether oxygens (including phenoxy) is 1. The van der Waals surface area contributed by atoms with E-state index in [2.05, 4.69) is 12.2 Å². The highest BCUT2D eigenvalue weighted by molar-refractivity contribution is 5.29. The fourth-order valence-corrected chi connectivity index (χ4v) is 2.08. The van der Waals surface area contributed by atoms with E-state index in [4.69, 9.17) is 4.74 Å². The summed E-state index contributed by atoms with van der Waals surface area (Å²) in [5, 5.41) is 3.19. The normalized spacial score (nSPS) is 12.4. The van der Waals surface area contributed by atoms with E-state index in [9.17, 15) is 4.39 Å². The molecular formula is C15H19FN2O. The summed E-state index contributed by atoms with van der Waals surface area (Å²) in [4.78, 5) is 0. The molecule has 2 rings (SSSR count). The second-order valence-corrected chi connectivity index (χ2v) is 4.53. The fourth-order valence-electron chi connectivity index (χ4n) is 2.08. The molecule has 1 N–H and O–H groups in total. The van der Waals surface area contributed by atoms with Crippen molar-refractivity contribution in [3.8, 4) is 5.75 Å². The van der Waals surface area contributed by atoms with Crippen molar-refractivity contribution in [2.75, 3.05) is 14.2 Å². The Balaban J connectivity index is 2.24. The summed E-state index contributed by atoms with van der Waals surface area (Å²) in [6.45, 7) is 2.60. The Morgan fingerprint density at radius 1 is 1.37 bits per heavy atom. The molecule has 4 heteroatoms. The van der Waals surface area contributed by atoms with E-state index in [1.54, 1.807) is 12.1 Å². The minimum absolute atomic E-state index is 0.233. The van der Waals surface area contributed by atoms with Crippen molar-refractivity contribution >= 4 is 0 Å². The molecule has 0 aliphatic carbocycles. The molecule has 1 unspecified atom stereocenters. The Hall–Kier alpha value is -1.81. The maximum atomic E-state index is 13.9. The van der Waals surface area contributed by atoms with Crippen LogP contribution >= 0.6 is 0 Å². The highest BCUT2D eigenvalue weighted by atomic mass is 19.1. The largest absolute Gasteiger partial charge is 0.497 e. The second-order valence-electron chi connectivity index (χ2n) is 4.53. The van der Waals surface area contributed by atoms with Gasteiger partial charge >= 0.3 is 0 Å². The third-order valence-electron chi connectivity index (χ3n) is 3.34. The van der Waals surface area contributed by atoms with Crippen LogP contribution in [0.2, 0.25) is 0 Å². The van der Waals surface area contributed by atoms with Crippen LogP contribution in [0, 0.1) is 5.82 Å². The van der Waals surface area contributed by atoms with Crippen LogP contribution in [-0.4, -0.2) is 18.7 Å². The highest BCUT2D eigenvalue weighted by Gasteiger charge is 2.10. The van der Waals surface area contributed by atoms with Gasteiger partial charge in [-0.25, -0.2) is 4.39 Å². The van der Waals surface area contributed by atoms with Gasteiger partial charge in [0.1, 0.15) is 11.6 Å². The van der Waals surface area contributed by atoms with Gasteiger partial charge < -0.3 is 14.6 Å². The van der Waals surface area contributed by atoms with E-state index in [-0.39, 0.29) is 11.9 Å². The maximum absolute atomic E-state index is 13.9. The first-order chi connectivity index (χ1) is 9.15. The molecule has 0 aliphatic heterocycles. The average molecular weight is 262 g/mol. The predicted octanol–water partition coefficient (Wildman–Crippen LogP) is 2.96. The molecule has 1 heterocycles. The van der Waals surface area contributed by atoms with Gasteiger partial charge in [0.2, 0.25) is 0 Å². The molecule has 0 saturated carbocycles. The van der Waals surface area contributed by atoms with E-state index < -0.39 is 0 Å². The van der Waals surface area contributed by atoms with E-state index in [1.165, 1.54) is 13.2 Å². The summed E-state index contributed by atoms with van der Waals surface area (Å²) in [7, 11) is 3.45. The van der Waals surface area contributed by atoms with Crippen molar-refractivity contribution in [3.63, 3.8) is 0 Å². The van der Waals surface area contributed by atoms with E-state index >= 15 is 0 Å². The first kappa shape index (κ1) is 13.6. The number of methoxy groups -OCH3 is 1. The summed E-state index contributed by atoms with van der Waals surface area (Å²) >= 11 is 0. The van der Waals surface area contributed by atoms with Gasteiger partial charge in [-0.3, -0.25) is 0 Å². The van der Waals surface area contributed by atoms with Crippen molar-refractivity contribution in [1.29, 1.82) is 0 Å². The van der Waals surface area contributed by atoms with Gasteiger partial charge in [0.25, 0.3) is 0 Å². The standard InChI is InChI=1S/C15H19FN2O/c1-11(17-2)15-5-4-8-18(15)10-12-6-7-13(19-3)9-14(12)16/h4-9,11,17H,10H2,1-3H3. The Kier molecular flexibility index (Phi) is 4.22. The first-order valence-electron chi connectivity index (χ1n) is 6.30. The zero-order valence-corrected chi connectivity index (χ0v) is 11.5. The third-order valence-corrected chi connectivity index (χ3v) is 3.34. The van der Waals surface area contributed by atoms with Crippen LogP contribution in [0.1, 0.15) is 24.2 Å². The molecule has 2 aromatic rings. The minimum atomic E-state index is -0.240. The quantitative estimate of drug-likeness (QED) is 0.896. The average Bonchev–Trinajstić information content (AvgIpc) is 2.88. The number of nitrogens with zero attached hydrogens (tertiary/aromatic N) is 1. The molecule has 3 nitrogen and oxygen atoms in total. The highest BCUT2D eigenvalue weighted by Crippen LogP contribution is 2.19.